The summed E-state index contributed by atoms with van der Waals surface area (Å²) in [5.74, 6) is 1.08. The summed E-state index contributed by atoms with van der Waals surface area (Å²) in [5, 5.41) is 0. The first-order valence-corrected chi connectivity index (χ1v) is 6.87. The number of halogens is 2. The second-order valence-electron chi connectivity index (χ2n) is 4.57. The molecule has 3 rings (SSSR count). The number of aromatic amines is 1. The number of benzene rings is 2. The fourth-order valence-electron chi connectivity index (χ4n) is 2.14. The minimum absolute atomic E-state index is 0.316. The van der Waals surface area contributed by atoms with E-state index < -0.39 is 0 Å². The molecular weight excluding hydrogens is 323 g/mol. The third-order valence-electron chi connectivity index (χ3n) is 3.13. The van der Waals surface area contributed by atoms with E-state index in [0.717, 1.165) is 16.9 Å². The van der Waals surface area contributed by atoms with Crippen LogP contribution in [0.5, 0.6) is 5.75 Å². The quantitative estimate of drug-likeness (QED) is 0.751. The van der Waals surface area contributed by atoms with Crippen molar-refractivity contribution in [3.05, 3.63) is 46.2 Å². The molecular formula is C15H12BrFN2O. The lowest BCUT2D eigenvalue weighted by molar-refractivity contribution is 0.416. The molecule has 2 aromatic carbocycles. The molecule has 1 heterocycles. The van der Waals surface area contributed by atoms with Gasteiger partial charge in [-0.25, -0.2) is 9.37 Å². The Kier molecular flexibility index (Phi) is 3.22. The van der Waals surface area contributed by atoms with Crippen molar-refractivity contribution in [1.29, 1.82) is 0 Å². The summed E-state index contributed by atoms with van der Waals surface area (Å²) in [6.07, 6.45) is 0. The summed E-state index contributed by atoms with van der Waals surface area (Å²) in [6, 6.07) is 8.95. The first-order chi connectivity index (χ1) is 9.58. The van der Waals surface area contributed by atoms with Crippen LogP contribution in [0.4, 0.5) is 4.39 Å². The van der Waals surface area contributed by atoms with Gasteiger partial charge in [0.15, 0.2) is 0 Å². The van der Waals surface area contributed by atoms with Crippen molar-refractivity contribution in [2.75, 3.05) is 7.11 Å². The van der Waals surface area contributed by atoms with E-state index in [1.54, 1.807) is 13.2 Å². The van der Waals surface area contributed by atoms with Crippen LogP contribution >= 0.6 is 15.9 Å². The topological polar surface area (TPSA) is 37.9 Å². The van der Waals surface area contributed by atoms with E-state index >= 15 is 0 Å². The molecule has 0 aliphatic heterocycles. The van der Waals surface area contributed by atoms with Gasteiger partial charge in [0, 0.05) is 6.07 Å². The average Bonchev–Trinajstić information content (AvgIpc) is 2.82. The molecule has 0 bridgehead atoms. The highest BCUT2D eigenvalue weighted by Gasteiger charge is 2.12. The third-order valence-corrected chi connectivity index (χ3v) is 3.74. The molecule has 0 fully saturated rings. The Labute approximate surface area is 123 Å². The maximum atomic E-state index is 13.6. The summed E-state index contributed by atoms with van der Waals surface area (Å²) in [5.41, 5.74) is 3.33. The van der Waals surface area contributed by atoms with Crippen molar-refractivity contribution in [3.8, 4) is 17.1 Å². The average molecular weight is 335 g/mol. The lowest BCUT2D eigenvalue weighted by atomic mass is 10.1. The highest BCUT2D eigenvalue weighted by molar-refractivity contribution is 9.10. The third kappa shape index (κ3) is 2.18. The molecule has 0 aliphatic carbocycles. The van der Waals surface area contributed by atoms with Crippen molar-refractivity contribution >= 4 is 27.0 Å². The highest BCUT2D eigenvalue weighted by Crippen LogP contribution is 2.31. The number of nitrogens with one attached hydrogen (secondary N) is 1. The lowest BCUT2D eigenvalue weighted by Gasteiger charge is -2.06. The molecule has 0 spiro atoms. The number of hydrogen-bond donors (Lipinski definition) is 1. The fourth-order valence-corrected chi connectivity index (χ4v) is 2.47. The molecule has 0 unspecified atom stereocenters. The molecule has 0 aliphatic rings. The molecule has 0 atom stereocenters. The number of methoxy groups -OCH3 is 1. The Balaban J connectivity index is 2.22. The van der Waals surface area contributed by atoms with Crippen LogP contribution in [-0.2, 0) is 0 Å². The van der Waals surface area contributed by atoms with Crippen LogP contribution < -0.4 is 4.74 Å². The minimum atomic E-state index is -0.316. The van der Waals surface area contributed by atoms with E-state index in [4.69, 9.17) is 4.74 Å². The summed E-state index contributed by atoms with van der Waals surface area (Å²) >= 11 is 3.17. The van der Waals surface area contributed by atoms with Gasteiger partial charge in [-0.1, -0.05) is 11.6 Å². The standard InChI is InChI=1S/C15H12BrFN2O/c1-8-3-4-14(20-2)9(5-8)15-18-12-6-10(16)11(17)7-13(12)19-15/h3-7H,1-2H3,(H,18,19). The minimum Gasteiger partial charge on any atom is -0.496 e. The van der Waals surface area contributed by atoms with Crippen molar-refractivity contribution < 1.29 is 9.13 Å². The Bertz CT molecular complexity index is 759. The van der Waals surface area contributed by atoms with Gasteiger partial charge in [0.2, 0.25) is 0 Å². The van der Waals surface area contributed by atoms with Crippen LogP contribution in [-0.4, -0.2) is 17.1 Å². The summed E-state index contributed by atoms with van der Waals surface area (Å²) in [4.78, 5) is 7.63. The molecule has 5 heteroatoms. The fraction of sp³-hybridized carbons (Fsp3) is 0.133. The summed E-state index contributed by atoms with van der Waals surface area (Å²) < 4.78 is 19.3. The number of aryl methyl sites for hydroxylation is 1. The zero-order chi connectivity index (χ0) is 14.3. The number of nitrogens with zero attached hydrogens (tertiary/aromatic N) is 1. The molecule has 20 heavy (non-hydrogen) atoms. The van der Waals surface area contributed by atoms with Gasteiger partial charge in [0.1, 0.15) is 17.4 Å². The molecule has 3 nitrogen and oxygen atoms in total. The normalized spacial score (nSPS) is 11.0. The summed E-state index contributed by atoms with van der Waals surface area (Å²) in [7, 11) is 1.62. The zero-order valence-corrected chi connectivity index (χ0v) is 12.6. The smallest absolute Gasteiger partial charge is 0.142 e. The van der Waals surface area contributed by atoms with E-state index in [1.807, 2.05) is 25.1 Å². The van der Waals surface area contributed by atoms with Crippen molar-refractivity contribution in [1.82, 2.24) is 9.97 Å². The maximum absolute atomic E-state index is 13.6. The van der Waals surface area contributed by atoms with Gasteiger partial charge in [-0.15, -0.1) is 0 Å². The number of aromatic nitrogens is 2. The second-order valence-corrected chi connectivity index (χ2v) is 5.43. The van der Waals surface area contributed by atoms with Crippen LogP contribution in [0.1, 0.15) is 5.56 Å². The zero-order valence-electron chi connectivity index (χ0n) is 11.0. The first kappa shape index (κ1) is 13.1. The van der Waals surface area contributed by atoms with Gasteiger partial charge in [-0.2, -0.15) is 0 Å². The Morgan fingerprint density at radius 2 is 2.05 bits per heavy atom. The van der Waals surface area contributed by atoms with Crippen molar-refractivity contribution in [3.63, 3.8) is 0 Å². The van der Waals surface area contributed by atoms with Gasteiger partial charge >= 0.3 is 0 Å². The Morgan fingerprint density at radius 3 is 2.80 bits per heavy atom. The molecule has 3 aromatic rings. The second kappa shape index (κ2) is 4.90. The van der Waals surface area contributed by atoms with E-state index in [9.17, 15) is 4.39 Å². The predicted molar refractivity (Wildman–Crippen MR) is 80.5 cm³/mol. The van der Waals surface area contributed by atoms with E-state index in [2.05, 4.69) is 25.9 Å². The van der Waals surface area contributed by atoms with Crippen LogP contribution in [0.3, 0.4) is 0 Å². The maximum Gasteiger partial charge on any atom is 0.142 e. The van der Waals surface area contributed by atoms with Crippen LogP contribution in [0, 0.1) is 12.7 Å². The van der Waals surface area contributed by atoms with E-state index in [-0.39, 0.29) is 5.82 Å². The Morgan fingerprint density at radius 1 is 1.25 bits per heavy atom. The van der Waals surface area contributed by atoms with E-state index in [0.29, 0.717) is 21.3 Å². The van der Waals surface area contributed by atoms with Gasteiger partial charge in [0.05, 0.1) is 28.2 Å². The number of H-pyrrole nitrogens is 1. The monoisotopic (exact) mass is 334 g/mol. The molecule has 0 radical (unpaired) electrons. The van der Waals surface area contributed by atoms with E-state index in [1.165, 1.54) is 6.07 Å². The lowest BCUT2D eigenvalue weighted by Crippen LogP contribution is -1.90. The van der Waals surface area contributed by atoms with Gasteiger partial charge in [0.25, 0.3) is 0 Å². The van der Waals surface area contributed by atoms with Crippen LogP contribution in [0.2, 0.25) is 0 Å². The van der Waals surface area contributed by atoms with Crippen molar-refractivity contribution in [2.24, 2.45) is 0 Å². The molecule has 102 valence electrons. The van der Waals surface area contributed by atoms with Crippen LogP contribution in [0.15, 0.2) is 34.8 Å². The SMILES string of the molecule is COc1ccc(C)cc1-c1nc2cc(Br)c(F)cc2[nH]1. The van der Waals surface area contributed by atoms with Crippen molar-refractivity contribution in [2.45, 2.75) is 6.92 Å². The predicted octanol–water partition coefficient (Wildman–Crippen LogP) is 4.45. The summed E-state index contributed by atoms with van der Waals surface area (Å²) in [6.45, 7) is 2.00. The van der Waals surface area contributed by atoms with Crippen LogP contribution in [0.25, 0.3) is 22.4 Å². The largest absolute Gasteiger partial charge is 0.496 e. The van der Waals surface area contributed by atoms with Gasteiger partial charge < -0.3 is 9.72 Å². The van der Waals surface area contributed by atoms with Gasteiger partial charge in [-0.3, -0.25) is 0 Å². The number of fused-ring (bicyclic) bond motifs is 1. The molecule has 0 amide bonds. The first-order valence-electron chi connectivity index (χ1n) is 6.08. The molecule has 0 saturated carbocycles. The van der Waals surface area contributed by atoms with Gasteiger partial charge in [-0.05, 0) is 41.1 Å². The number of rotatable bonds is 2. The number of ether oxygens (including phenoxy) is 1. The Hall–Kier alpha value is -1.88. The number of imidazole rings is 1. The molecule has 1 aromatic heterocycles. The highest BCUT2D eigenvalue weighted by atomic mass is 79.9. The molecule has 1 N–H and O–H groups in total. The molecule has 0 saturated heterocycles. The number of hydrogen-bond acceptors (Lipinski definition) is 2.